The summed E-state index contributed by atoms with van der Waals surface area (Å²) in [5.41, 5.74) is 6.29. The molecule has 2 heterocycles. The molecule has 3 rings (SSSR count). The molecule has 4 atom stereocenters. The van der Waals surface area contributed by atoms with Gasteiger partial charge in [0.1, 0.15) is 11.9 Å². The molecule has 3 amide bonds. The van der Waals surface area contributed by atoms with E-state index in [9.17, 15) is 31.5 Å². The molecule has 13 heteroatoms. The van der Waals surface area contributed by atoms with Crippen molar-refractivity contribution in [3.8, 4) is 0 Å². The number of ether oxygens (including phenoxy) is 1. The first kappa shape index (κ1) is 25.1. The van der Waals surface area contributed by atoms with Crippen molar-refractivity contribution in [2.75, 3.05) is 25.6 Å². The highest BCUT2D eigenvalue weighted by Crippen LogP contribution is 2.38. The van der Waals surface area contributed by atoms with E-state index in [-0.39, 0.29) is 25.3 Å². The molecule has 2 fully saturated rings. The Morgan fingerprint density at radius 1 is 1.45 bits per heavy atom. The van der Waals surface area contributed by atoms with Crippen LogP contribution in [0.4, 0.5) is 32.6 Å². The van der Waals surface area contributed by atoms with E-state index in [2.05, 4.69) is 10.3 Å². The number of alkyl halides is 5. The van der Waals surface area contributed by atoms with Crippen LogP contribution in [0.25, 0.3) is 0 Å². The van der Waals surface area contributed by atoms with Crippen LogP contribution in [0.3, 0.4) is 0 Å². The van der Waals surface area contributed by atoms with Crippen molar-refractivity contribution in [3.05, 3.63) is 23.9 Å². The molecule has 2 aliphatic rings. The molecule has 1 unspecified atom stereocenters. The van der Waals surface area contributed by atoms with Gasteiger partial charge in [0.2, 0.25) is 11.8 Å². The van der Waals surface area contributed by atoms with Crippen LogP contribution in [-0.4, -0.2) is 66.3 Å². The van der Waals surface area contributed by atoms with E-state index in [0.717, 1.165) is 4.90 Å². The second-order valence-electron chi connectivity index (χ2n) is 8.37. The number of methoxy groups -OCH3 is 1. The van der Waals surface area contributed by atoms with Crippen LogP contribution in [0.2, 0.25) is 0 Å². The zero-order valence-corrected chi connectivity index (χ0v) is 17.9. The number of urea groups is 1. The fourth-order valence-electron chi connectivity index (χ4n) is 4.20. The summed E-state index contributed by atoms with van der Waals surface area (Å²) in [6.45, 7) is -0.715. The minimum Gasteiger partial charge on any atom is -0.382 e. The summed E-state index contributed by atoms with van der Waals surface area (Å²) >= 11 is 0. The number of nitrogens with zero attached hydrogens (tertiary/aromatic N) is 2. The third-order valence-electron chi connectivity index (χ3n) is 5.94. The highest BCUT2D eigenvalue weighted by atomic mass is 19.4. The summed E-state index contributed by atoms with van der Waals surface area (Å²) in [6, 6.07) is -2.10. The van der Waals surface area contributed by atoms with Crippen LogP contribution >= 0.6 is 0 Å². The molecule has 184 valence electrons. The average molecular weight is 479 g/mol. The van der Waals surface area contributed by atoms with Crippen molar-refractivity contribution in [2.24, 2.45) is 11.7 Å². The second-order valence-corrected chi connectivity index (χ2v) is 8.37. The average Bonchev–Trinajstić information content (AvgIpc) is 3.12. The molecule has 1 aliphatic heterocycles. The van der Waals surface area contributed by atoms with Gasteiger partial charge >= 0.3 is 12.2 Å². The third-order valence-corrected chi connectivity index (χ3v) is 5.94. The largest absolute Gasteiger partial charge is 0.410 e. The van der Waals surface area contributed by atoms with E-state index in [1.807, 2.05) is 5.32 Å². The summed E-state index contributed by atoms with van der Waals surface area (Å²) < 4.78 is 71.6. The first-order chi connectivity index (χ1) is 15.4. The van der Waals surface area contributed by atoms with E-state index in [0.29, 0.717) is 12.0 Å². The van der Waals surface area contributed by atoms with Crippen molar-refractivity contribution in [1.82, 2.24) is 15.2 Å². The van der Waals surface area contributed by atoms with Crippen molar-refractivity contribution >= 4 is 17.8 Å². The summed E-state index contributed by atoms with van der Waals surface area (Å²) in [7, 11) is 1.34. The van der Waals surface area contributed by atoms with Crippen LogP contribution in [0, 0.1) is 5.92 Å². The Hall–Kier alpha value is -2.54. The maximum Gasteiger partial charge on any atom is 0.410 e. The normalized spacial score (nSPS) is 24.8. The quantitative estimate of drug-likeness (QED) is 0.521. The molecule has 0 spiro atoms. The summed E-state index contributed by atoms with van der Waals surface area (Å²) in [5.74, 6) is -4.22. The van der Waals surface area contributed by atoms with Crippen molar-refractivity contribution in [2.45, 2.75) is 55.9 Å². The molecule has 1 aromatic rings. The highest BCUT2D eigenvalue weighted by molar-refractivity contribution is 5.94. The van der Waals surface area contributed by atoms with Crippen LogP contribution in [0.5, 0.6) is 0 Å². The van der Waals surface area contributed by atoms with E-state index < -0.39 is 61.0 Å². The van der Waals surface area contributed by atoms with Crippen molar-refractivity contribution in [1.29, 1.82) is 0 Å². The minimum absolute atomic E-state index is 0.0311. The predicted molar refractivity (Wildman–Crippen MR) is 107 cm³/mol. The predicted octanol–water partition coefficient (Wildman–Crippen LogP) is 2.82. The zero-order chi connectivity index (χ0) is 24.4. The number of pyridine rings is 1. The van der Waals surface area contributed by atoms with Gasteiger partial charge in [0, 0.05) is 26.1 Å². The molecule has 1 saturated carbocycles. The Morgan fingerprint density at radius 2 is 2.18 bits per heavy atom. The first-order valence-corrected chi connectivity index (χ1v) is 10.4. The van der Waals surface area contributed by atoms with Crippen molar-refractivity contribution in [3.63, 3.8) is 0 Å². The fourth-order valence-corrected chi connectivity index (χ4v) is 4.20. The highest BCUT2D eigenvalue weighted by Gasteiger charge is 2.48. The molecular weight excluding hydrogens is 453 g/mol. The number of hydrogen-bond acceptors (Lipinski definition) is 5. The van der Waals surface area contributed by atoms with E-state index in [1.54, 1.807) is 0 Å². The standard InChI is InChI=1S/C20H26F5N5O3/c1-33-10-13(30-9-14(20(23,24)25)28-18(30)32)11-4-6-27-15(7-11)29-17(31)16(26)12-3-2-5-19(21,22)8-12/h4,6-7,12-14,16H,2-3,5,8-10,26H2,1H3,(H,28,32)(H,27,29,31)/t12-,13+,14-,16?/m0/s1. The van der Waals surface area contributed by atoms with Gasteiger partial charge in [-0.05, 0) is 36.5 Å². The number of carbonyl (C=O) groups is 2. The summed E-state index contributed by atoms with van der Waals surface area (Å²) in [5, 5.41) is 4.38. The first-order valence-electron chi connectivity index (χ1n) is 10.4. The van der Waals surface area contributed by atoms with Crippen LogP contribution in [0.1, 0.15) is 37.3 Å². The lowest BCUT2D eigenvalue weighted by Crippen LogP contribution is -2.45. The van der Waals surface area contributed by atoms with E-state index >= 15 is 0 Å². The van der Waals surface area contributed by atoms with Gasteiger partial charge in [-0.25, -0.2) is 18.6 Å². The summed E-state index contributed by atoms with van der Waals surface area (Å²) in [6.07, 6.45) is -3.34. The van der Waals surface area contributed by atoms with Gasteiger partial charge in [0.15, 0.2) is 0 Å². The lowest BCUT2D eigenvalue weighted by molar-refractivity contribution is -0.150. The molecule has 0 radical (unpaired) electrons. The lowest BCUT2D eigenvalue weighted by atomic mass is 9.82. The van der Waals surface area contributed by atoms with Gasteiger partial charge in [-0.15, -0.1) is 0 Å². The van der Waals surface area contributed by atoms with Gasteiger partial charge in [0.05, 0.1) is 25.2 Å². The number of halogens is 5. The molecule has 0 bridgehead atoms. The fraction of sp³-hybridized carbons (Fsp3) is 0.650. The number of anilines is 1. The number of aromatic nitrogens is 1. The Bertz CT molecular complexity index is 869. The van der Waals surface area contributed by atoms with Gasteiger partial charge < -0.3 is 26.0 Å². The number of amides is 3. The van der Waals surface area contributed by atoms with Crippen LogP contribution in [-0.2, 0) is 9.53 Å². The van der Waals surface area contributed by atoms with Gasteiger partial charge in [-0.2, -0.15) is 13.2 Å². The SMILES string of the molecule is COC[C@H](c1ccnc(NC(=O)C(N)[C@H]2CCCC(F)(F)C2)c1)N1C[C@@H](C(F)(F)F)NC1=O. The van der Waals surface area contributed by atoms with Crippen molar-refractivity contribution < 1.29 is 36.3 Å². The van der Waals surface area contributed by atoms with Gasteiger partial charge in [-0.3, -0.25) is 4.79 Å². The number of rotatable bonds is 7. The topological polar surface area (TPSA) is 110 Å². The number of nitrogens with one attached hydrogen (secondary N) is 2. The molecule has 1 saturated heterocycles. The number of nitrogens with two attached hydrogens (primary N) is 1. The molecule has 1 aromatic heterocycles. The van der Waals surface area contributed by atoms with Crippen LogP contribution < -0.4 is 16.4 Å². The molecule has 8 nitrogen and oxygen atoms in total. The molecular formula is C20H26F5N5O3. The Morgan fingerprint density at radius 3 is 2.79 bits per heavy atom. The van der Waals surface area contributed by atoms with E-state index in [1.165, 1.54) is 25.4 Å². The summed E-state index contributed by atoms with van der Waals surface area (Å²) in [4.78, 5) is 29.7. The maximum absolute atomic E-state index is 13.7. The smallest absolute Gasteiger partial charge is 0.382 e. The maximum atomic E-state index is 13.7. The lowest BCUT2D eigenvalue weighted by Gasteiger charge is -2.32. The molecule has 0 aromatic carbocycles. The minimum atomic E-state index is -4.61. The Kier molecular flexibility index (Phi) is 7.42. The van der Waals surface area contributed by atoms with Crippen LogP contribution in [0.15, 0.2) is 18.3 Å². The molecule has 33 heavy (non-hydrogen) atoms. The van der Waals surface area contributed by atoms with Gasteiger partial charge in [-0.1, -0.05) is 0 Å². The van der Waals surface area contributed by atoms with Gasteiger partial charge in [0.25, 0.3) is 0 Å². The Labute approximate surface area is 187 Å². The number of hydrogen-bond donors (Lipinski definition) is 3. The monoisotopic (exact) mass is 479 g/mol. The van der Waals surface area contributed by atoms with E-state index in [4.69, 9.17) is 10.5 Å². The molecule has 1 aliphatic carbocycles. The zero-order valence-electron chi connectivity index (χ0n) is 17.9. The Balaban J connectivity index is 1.73. The number of carbonyl (C=O) groups excluding carboxylic acids is 2. The third kappa shape index (κ3) is 6.08. The second kappa shape index (κ2) is 9.75. The molecule has 4 N–H and O–H groups in total.